The standard InChI is InChI=1S/C18H21N3O3/c1-23-14-6-8-15(17(11-14)24-2)20-13-5-7-16(19-12-13)18(22)21-9-3-4-10-21/h5-8,11-12,20H,3-4,9-10H2,1-2H3. The maximum Gasteiger partial charge on any atom is 0.272 e. The molecule has 0 unspecified atom stereocenters. The molecule has 1 aliphatic rings. The summed E-state index contributed by atoms with van der Waals surface area (Å²) in [5, 5.41) is 3.24. The van der Waals surface area contributed by atoms with Gasteiger partial charge >= 0.3 is 0 Å². The van der Waals surface area contributed by atoms with Crippen LogP contribution in [0.3, 0.4) is 0 Å². The summed E-state index contributed by atoms with van der Waals surface area (Å²) in [5.41, 5.74) is 2.07. The summed E-state index contributed by atoms with van der Waals surface area (Å²) < 4.78 is 10.6. The van der Waals surface area contributed by atoms with Crippen molar-refractivity contribution in [2.45, 2.75) is 12.8 Å². The smallest absolute Gasteiger partial charge is 0.272 e. The van der Waals surface area contributed by atoms with Crippen molar-refractivity contribution in [3.8, 4) is 11.5 Å². The highest BCUT2D eigenvalue weighted by Crippen LogP contribution is 2.31. The zero-order valence-corrected chi connectivity index (χ0v) is 13.9. The van der Waals surface area contributed by atoms with Crippen LogP contribution >= 0.6 is 0 Å². The van der Waals surface area contributed by atoms with Gasteiger partial charge in [-0.3, -0.25) is 4.79 Å². The summed E-state index contributed by atoms with van der Waals surface area (Å²) in [6.45, 7) is 1.65. The molecule has 1 amide bonds. The number of nitrogens with zero attached hydrogens (tertiary/aromatic N) is 2. The molecule has 6 heteroatoms. The van der Waals surface area contributed by atoms with Crippen LogP contribution in [0, 0.1) is 0 Å². The molecule has 1 fully saturated rings. The summed E-state index contributed by atoms with van der Waals surface area (Å²) in [6.07, 6.45) is 3.80. The van der Waals surface area contributed by atoms with Crippen LogP contribution in [0.5, 0.6) is 11.5 Å². The van der Waals surface area contributed by atoms with E-state index in [2.05, 4.69) is 10.3 Å². The van der Waals surface area contributed by atoms with Gasteiger partial charge in [-0.1, -0.05) is 0 Å². The molecular formula is C18H21N3O3. The number of nitrogens with one attached hydrogen (secondary N) is 1. The SMILES string of the molecule is COc1ccc(Nc2ccc(C(=O)N3CCCC3)nc2)c(OC)c1. The second-order valence-electron chi connectivity index (χ2n) is 5.62. The Labute approximate surface area is 141 Å². The molecule has 0 bridgehead atoms. The first-order valence-electron chi connectivity index (χ1n) is 7.95. The Balaban J connectivity index is 1.73. The minimum atomic E-state index is 0.000998. The summed E-state index contributed by atoms with van der Waals surface area (Å²) in [5.74, 6) is 1.40. The largest absolute Gasteiger partial charge is 0.497 e. The third kappa shape index (κ3) is 3.42. The Bertz CT molecular complexity index is 710. The van der Waals surface area contributed by atoms with Crippen molar-refractivity contribution < 1.29 is 14.3 Å². The molecule has 3 rings (SSSR count). The highest BCUT2D eigenvalue weighted by Gasteiger charge is 2.20. The summed E-state index contributed by atoms with van der Waals surface area (Å²) in [7, 11) is 3.22. The lowest BCUT2D eigenvalue weighted by atomic mass is 10.2. The minimum Gasteiger partial charge on any atom is -0.497 e. The van der Waals surface area contributed by atoms with Gasteiger partial charge in [0, 0.05) is 19.2 Å². The molecule has 0 spiro atoms. The van der Waals surface area contributed by atoms with E-state index in [0.29, 0.717) is 11.4 Å². The van der Waals surface area contributed by atoms with Crippen LogP contribution < -0.4 is 14.8 Å². The lowest BCUT2D eigenvalue weighted by Gasteiger charge is -2.15. The maximum atomic E-state index is 12.3. The number of ether oxygens (including phenoxy) is 2. The van der Waals surface area contributed by atoms with Crippen molar-refractivity contribution >= 4 is 17.3 Å². The van der Waals surface area contributed by atoms with Crippen molar-refractivity contribution in [2.24, 2.45) is 0 Å². The predicted octanol–water partition coefficient (Wildman–Crippen LogP) is 3.08. The van der Waals surface area contributed by atoms with Crippen LogP contribution in [0.1, 0.15) is 23.3 Å². The molecule has 0 aliphatic carbocycles. The number of rotatable bonds is 5. The quantitative estimate of drug-likeness (QED) is 0.914. The monoisotopic (exact) mass is 327 g/mol. The molecule has 1 aliphatic heterocycles. The second kappa shape index (κ2) is 7.21. The molecule has 1 aromatic carbocycles. The van der Waals surface area contributed by atoms with Crippen LogP contribution in [-0.2, 0) is 0 Å². The molecule has 1 saturated heterocycles. The van der Waals surface area contributed by atoms with Crippen LogP contribution in [0.15, 0.2) is 36.5 Å². The predicted molar refractivity (Wildman–Crippen MR) is 92.2 cm³/mol. The van der Waals surface area contributed by atoms with Gasteiger partial charge < -0.3 is 19.7 Å². The molecule has 126 valence electrons. The Morgan fingerprint density at radius 1 is 1.12 bits per heavy atom. The summed E-state index contributed by atoms with van der Waals surface area (Å²) in [6, 6.07) is 9.13. The Morgan fingerprint density at radius 3 is 2.54 bits per heavy atom. The number of carbonyl (C=O) groups is 1. The minimum absolute atomic E-state index is 0.000998. The zero-order chi connectivity index (χ0) is 16.9. The number of anilines is 2. The van der Waals surface area contributed by atoms with E-state index in [0.717, 1.165) is 43.1 Å². The van der Waals surface area contributed by atoms with Crippen LogP contribution in [0.4, 0.5) is 11.4 Å². The van der Waals surface area contributed by atoms with Gasteiger partial charge in [-0.25, -0.2) is 4.98 Å². The van der Waals surface area contributed by atoms with Gasteiger partial charge in [0.25, 0.3) is 5.91 Å². The van der Waals surface area contributed by atoms with E-state index in [9.17, 15) is 4.79 Å². The molecule has 2 aromatic rings. The third-order valence-corrected chi connectivity index (χ3v) is 4.06. The number of hydrogen-bond donors (Lipinski definition) is 1. The number of pyridine rings is 1. The van der Waals surface area contributed by atoms with E-state index in [4.69, 9.17) is 9.47 Å². The first-order chi connectivity index (χ1) is 11.7. The van der Waals surface area contributed by atoms with Crippen molar-refractivity contribution in [3.63, 3.8) is 0 Å². The van der Waals surface area contributed by atoms with E-state index >= 15 is 0 Å². The fraction of sp³-hybridized carbons (Fsp3) is 0.333. The van der Waals surface area contributed by atoms with Crippen molar-refractivity contribution in [2.75, 3.05) is 32.6 Å². The zero-order valence-electron chi connectivity index (χ0n) is 13.9. The number of aromatic nitrogens is 1. The van der Waals surface area contributed by atoms with E-state index in [1.165, 1.54) is 0 Å². The average Bonchev–Trinajstić information content (AvgIpc) is 3.16. The fourth-order valence-corrected chi connectivity index (χ4v) is 2.73. The van der Waals surface area contributed by atoms with E-state index in [-0.39, 0.29) is 5.91 Å². The van der Waals surface area contributed by atoms with Gasteiger partial charge in [0.1, 0.15) is 17.2 Å². The van der Waals surface area contributed by atoms with Gasteiger partial charge in [0.15, 0.2) is 0 Å². The average molecular weight is 327 g/mol. The molecular weight excluding hydrogens is 306 g/mol. The van der Waals surface area contributed by atoms with Crippen molar-refractivity contribution in [1.29, 1.82) is 0 Å². The van der Waals surface area contributed by atoms with E-state index in [1.54, 1.807) is 32.5 Å². The van der Waals surface area contributed by atoms with Gasteiger partial charge in [0.2, 0.25) is 0 Å². The lowest BCUT2D eigenvalue weighted by Crippen LogP contribution is -2.28. The van der Waals surface area contributed by atoms with Gasteiger partial charge in [0.05, 0.1) is 31.8 Å². The first-order valence-corrected chi connectivity index (χ1v) is 7.95. The topological polar surface area (TPSA) is 63.7 Å². The molecule has 1 aromatic heterocycles. The molecule has 24 heavy (non-hydrogen) atoms. The number of methoxy groups -OCH3 is 2. The number of hydrogen-bond acceptors (Lipinski definition) is 5. The molecule has 0 atom stereocenters. The van der Waals surface area contributed by atoms with Crippen LogP contribution in [0.2, 0.25) is 0 Å². The van der Waals surface area contributed by atoms with Crippen molar-refractivity contribution in [3.05, 3.63) is 42.2 Å². The number of amides is 1. The summed E-state index contributed by atoms with van der Waals surface area (Å²) >= 11 is 0. The second-order valence-corrected chi connectivity index (χ2v) is 5.62. The molecule has 6 nitrogen and oxygen atoms in total. The van der Waals surface area contributed by atoms with E-state index in [1.807, 2.05) is 23.1 Å². The first kappa shape index (κ1) is 16.1. The highest BCUT2D eigenvalue weighted by atomic mass is 16.5. The molecule has 0 saturated carbocycles. The normalized spacial score (nSPS) is 13.7. The van der Waals surface area contributed by atoms with Gasteiger partial charge in [-0.05, 0) is 37.1 Å². The fourth-order valence-electron chi connectivity index (χ4n) is 2.73. The number of benzene rings is 1. The molecule has 1 N–H and O–H groups in total. The Kier molecular flexibility index (Phi) is 4.84. The van der Waals surface area contributed by atoms with E-state index < -0.39 is 0 Å². The summed E-state index contributed by atoms with van der Waals surface area (Å²) in [4.78, 5) is 18.4. The molecule has 2 heterocycles. The van der Waals surface area contributed by atoms with Crippen molar-refractivity contribution in [1.82, 2.24) is 9.88 Å². The van der Waals surface area contributed by atoms with Crippen LogP contribution in [-0.4, -0.2) is 43.1 Å². The Morgan fingerprint density at radius 2 is 1.92 bits per heavy atom. The number of carbonyl (C=O) groups excluding carboxylic acids is 1. The third-order valence-electron chi connectivity index (χ3n) is 4.06. The number of likely N-dealkylation sites (tertiary alicyclic amines) is 1. The lowest BCUT2D eigenvalue weighted by molar-refractivity contribution is 0.0787. The van der Waals surface area contributed by atoms with Crippen LogP contribution in [0.25, 0.3) is 0 Å². The van der Waals surface area contributed by atoms with Gasteiger partial charge in [-0.15, -0.1) is 0 Å². The molecule has 0 radical (unpaired) electrons. The van der Waals surface area contributed by atoms with Gasteiger partial charge in [-0.2, -0.15) is 0 Å². The highest BCUT2D eigenvalue weighted by molar-refractivity contribution is 5.92. The Hall–Kier alpha value is -2.76. The maximum absolute atomic E-state index is 12.3.